The molecule has 0 amide bonds. The lowest BCUT2D eigenvalue weighted by atomic mass is 9.94. The summed E-state index contributed by atoms with van der Waals surface area (Å²) in [5.74, 6) is 0. The lowest BCUT2D eigenvalue weighted by Crippen LogP contribution is -2.07. The van der Waals surface area contributed by atoms with Gasteiger partial charge in [0.05, 0.1) is 10.0 Å². The highest BCUT2D eigenvalue weighted by Crippen LogP contribution is 2.49. The zero-order valence-corrected chi connectivity index (χ0v) is 7.34. The number of rotatable bonds is 0. The monoisotopic (exact) mass is 206 g/mol. The van der Waals surface area contributed by atoms with Crippen molar-refractivity contribution in [1.29, 1.82) is 0 Å². The second kappa shape index (κ2) is 3.64. The molecule has 2 rings (SSSR count). The Balaban J connectivity index is 0.000000157. The second-order valence-corrected chi connectivity index (χ2v) is 2.89. The highest BCUT2D eigenvalue weighted by molar-refractivity contribution is 6.49. The Labute approximate surface area is 79.3 Å². The molecule has 64 valence electrons. The summed E-state index contributed by atoms with van der Waals surface area (Å²) in [6.07, 6.45) is 0. The third-order valence-corrected chi connectivity index (χ3v) is 2.25. The maximum Gasteiger partial charge on any atom is 0.631 e. The van der Waals surface area contributed by atoms with E-state index in [1.807, 2.05) is 12.1 Å². The van der Waals surface area contributed by atoms with Gasteiger partial charge in [-0.25, -0.2) is 0 Å². The zero-order chi connectivity index (χ0) is 9.30. The minimum absolute atomic E-state index is 0.726. The van der Waals surface area contributed by atoms with E-state index in [2.05, 4.69) is 0 Å². The van der Waals surface area contributed by atoms with Crippen molar-refractivity contribution in [3.63, 3.8) is 0 Å². The summed E-state index contributed by atoms with van der Waals surface area (Å²) < 4.78 is 0. The summed E-state index contributed by atoms with van der Waals surface area (Å²) >= 11 is 11.3. The van der Waals surface area contributed by atoms with Crippen molar-refractivity contribution in [3.05, 3.63) is 22.2 Å². The summed E-state index contributed by atoms with van der Waals surface area (Å²) in [6.45, 7) is 0. The summed E-state index contributed by atoms with van der Waals surface area (Å²) in [6, 6.07) is 3.92. The van der Waals surface area contributed by atoms with Gasteiger partial charge >= 0.3 is 7.32 Å². The molecular weight excluding hydrogens is 202 g/mol. The Morgan fingerprint density at radius 3 is 1.25 bits per heavy atom. The highest BCUT2D eigenvalue weighted by atomic mass is 35.5. The summed E-state index contributed by atoms with van der Waals surface area (Å²) in [5.41, 5.74) is 2.24. The van der Waals surface area contributed by atoms with E-state index < -0.39 is 7.32 Å². The van der Waals surface area contributed by atoms with Crippen molar-refractivity contribution < 1.29 is 15.1 Å². The lowest BCUT2D eigenvalue weighted by Gasteiger charge is -2.19. The first-order valence-corrected chi connectivity index (χ1v) is 3.82. The predicted molar refractivity (Wildman–Crippen MR) is 47.9 cm³/mol. The largest absolute Gasteiger partial charge is 0.631 e. The van der Waals surface area contributed by atoms with E-state index in [0.717, 1.165) is 21.2 Å². The van der Waals surface area contributed by atoms with Gasteiger partial charge in [0, 0.05) is 11.1 Å². The molecule has 6 heteroatoms. The fourth-order valence-electron chi connectivity index (χ4n) is 0.807. The molecule has 0 aromatic carbocycles. The van der Waals surface area contributed by atoms with Crippen LogP contribution in [0.25, 0.3) is 11.1 Å². The Morgan fingerprint density at radius 2 is 1.17 bits per heavy atom. The number of benzene rings is 1. The fraction of sp³-hybridized carbons (Fsp3) is 0. The van der Waals surface area contributed by atoms with E-state index in [4.69, 9.17) is 38.3 Å². The predicted octanol–water partition coefficient (Wildman–Crippen LogP) is 0.922. The minimum Gasteiger partial charge on any atom is -0.402 e. The van der Waals surface area contributed by atoms with Gasteiger partial charge in [-0.3, -0.25) is 0 Å². The van der Waals surface area contributed by atoms with Crippen molar-refractivity contribution >= 4 is 30.5 Å². The molecule has 0 heterocycles. The van der Waals surface area contributed by atoms with E-state index in [1.165, 1.54) is 0 Å². The average Bonchev–Trinajstić information content (AvgIpc) is 1.84. The topological polar surface area (TPSA) is 60.7 Å². The minimum atomic E-state index is -2.17. The maximum absolute atomic E-state index is 7.17. The number of halogens is 2. The molecule has 0 saturated heterocycles. The van der Waals surface area contributed by atoms with Crippen LogP contribution < -0.4 is 0 Å². The van der Waals surface area contributed by atoms with Crippen LogP contribution in [0.1, 0.15) is 0 Å². The van der Waals surface area contributed by atoms with Crippen LogP contribution in [0, 0.1) is 0 Å². The number of hydrogen-bond donors (Lipinski definition) is 3. The Kier molecular flexibility index (Phi) is 2.98. The quantitative estimate of drug-likeness (QED) is 0.562. The van der Waals surface area contributed by atoms with Gasteiger partial charge < -0.3 is 15.1 Å². The SMILES string of the molecule is Clc1c2ccc-2c1Cl.OB(O)O. The van der Waals surface area contributed by atoms with E-state index in [9.17, 15) is 0 Å². The lowest BCUT2D eigenvalue weighted by molar-refractivity contribution is 0.278. The van der Waals surface area contributed by atoms with E-state index in [-0.39, 0.29) is 0 Å². The molecule has 0 spiro atoms. The van der Waals surface area contributed by atoms with Crippen molar-refractivity contribution in [2.24, 2.45) is 0 Å². The Bertz CT molecular complexity index is 273. The van der Waals surface area contributed by atoms with Crippen LogP contribution in [-0.4, -0.2) is 22.4 Å². The van der Waals surface area contributed by atoms with Crippen molar-refractivity contribution in [3.8, 4) is 11.1 Å². The average molecular weight is 207 g/mol. The maximum atomic E-state index is 7.17. The molecule has 0 aromatic heterocycles. The van der Waals surface area contributed by atoms with E-state index >= 15 is 0 Å². The van der Waals surface area contributed by atoms with Crippen LogP contribution >= 0.6 is 23.2 Å². The Morgan fingerprint density at radius 1 is 0.917 bits per heavy atom. The smallest absolute Gasteiger partial charge is 0.402 e. The number of hydrogen-bond acceptors (Lipinski definition) is 3. The van der Waals surface area contributed by atoms with Crippen molar-refractivity contribution in [1.82, 2.24) is 0 Å². The molecular formula is C6H5BCl2O3. The molecule has 0 bridgehead atoms. The van der Waals surface area contributed by atoms with Crippen LogP contribution in [-0.2, 0) is 0 Å². The fourth-order valence-corrected chi connectivity index (χ4v) is 1.34. The third kappa shape index (κ3) is 1.73. The molecule has 0 atom stereocenters. The molecule has 2 aliphatic carbocycles. The summed E-state index contributed by atoms with van der Waals surface area (Å²) in [5, 5.41) is 23.0. The van der Waals surface area contributed by atoms with E-state index in [0.29, 0.717) is 0 Å². The van der Waals surface area contributed by atoms with Crippen LogP contribution in [0.3, 0.4) is 0 Å². The summed E-state index contributed by atoms with van der Waals surface area (Å²) in [7, 11) is -2.17. The van der Waals surface area contributed by atoms with Crippen molar-refractivity contribution in [2.75, 3.05) is 0 Å². The van der Waals surface area contributed by atoms with Crippen LogP contribution in [0.15, 0.2) is 12.1 Å². The molecule has 0 aromatic rings. The normalized spacial score (nSPS) is 10.1. The van der Waals surface area contributed by atoms with Gasteiger partial charge in [-0.05, 0) is 0 Å². The first-order chi connectivity index (χ1) is 5.54. The van der Waals surface area contributed by atoms with Gasteiger partial charge in [-0.2, -0.15) is 0 Å². The molecule has 3 nitrogen and oxygen atoms in total. The Hall–Kier alpha value is -0.255. The van der Waals surface area contributed by atoms with Gasteiger partial charge in [0.1, 0.15) is 0 Å². The highest BCUT2D eigenvalue weighted by Gasteiger charge is 2.22. The molecule has 3 N–H and O–H groups in total. The van der Waals surface area contributed by atoms with Crippen molar-refractivity contribution in [2.45, 2.75) is 0 Å². The molecule has 0 aliphatic heterocycles. The second-order valence-electron chi connectivity index (χ2n) is 2.14. The number of fused-ring (bicyclic) bond motifs is 1. The van der Waals surface area contributed by atoms with Gasteiger partial charge in [-0.15, -0.1) is 0 Å². The van der Waals surface area contributed by atoms with Gasteiger partial charge in [0.25, 0.3) is 0 Å². The molecule has 12 heavy (non-hydrogen) atoms. The summed E-state index contributed by atoms with van der Waals surface area (Å²) in [4.78, 5) is 0. The molecule has 2 aliphatic rings. The molecule has 0 unspecified atom stereocenters. The van der Waals surface area contributed by atoms with Gasteiger partial charge in [0.15, 0.2) is 0 Å². The molecule has 0 saturated carbocycles. The van der Waals surface area contributed by atoms with Gasteiger partial charge in [0.2, 0.25) is 0 Å². The molecule has 0 fully saturated rings. The standard InChI is InChI=1S/C6H2Cl2.BH3O3/c7-5-3-1-2-4(3)6(5)8;2-1(3)4/h1-2H;2-4H. The van der Waals surface area contributed by atoms with Crippen LogP contribution in [0.5, 0.6) is 0 Å². The van der Waals surface area contributed by atoms with Crippen LogP contribution in [0.2, 0.25) is 10.0 Å². The third-order valence-electron chi connectivity index (χ3n) is 1.37. The molecule has 0 radical (unpaired) electrons. The van der Waals surface area contributed by atoms with Gasteiger partial charge in [-0.1, -0.05) is 35.3 Å². The van der Waals surface area contributed by atoms with Crippen LogP contribution in [0.4, 0.5) is 0 Å². The zero-order valence-electron chi connectivity index (χ0n) is 5.83. The first-order valence-electron chi connectivity index (χ1n) is 3.06. The van der Waals surface area contributed by atoms with E-state index in [1.54, 1.807) is 0 Å². The first kappa shape index (κ1) is 9.83.